The molecule has 0 aliphatic rings. The summed E-state index contributed by atoms with van der Waals surface area (Å²) in [5, 5.41) is 9.37. The second-order valence-corrected chi connectivity index (χ2v) is 5.44. The zero-order chi connectivity index (χ0) is 18.7. The molecule has 0 aliphatic carbocycles. The van der Waals surface area contributed by atoms with E-state index in [1.165, 1.54) is 21.3 Å². The Labute approximate surface area is 150 Å². The molecule has 0 spiro atoms. The summed E-state index contributed by atoms with van der Waals surface area (Å²) in [5.41, 5.74) is 1.83. The van der Waals surface area contributed by atoms with Gasteiger partial charge in [-0.1, -0.05) is 0 Å². The van der Waals surface area contributed by atoms with Crippen LogP contribution >= 0.6 is 0 Å². The van der Waals surface area contributed by atoms with E-state index in [4.69, 9.17) is 14.2 Å². The van der Waals surface area contributed by atoms with Crippen molar-refractivity contribution in [3.05, 3.63) is 54.0 Å². The highest BCUT2D eigenvalue weighted by Gasteiger charge is 2.20. The van der Waals surface area contributed by atoms with E-state index in [0.717, 1.165) is 5.56 Å². The first-order chi connectivity index (χ1) is 12.6. The van der Waals surface area contributed by atoms with E-state index in [-0.39, 0.29) is 17.4 Å². The van der Waals surface area contributed by atoms with Crippen molar-refractivity contribution in [1.29, 1.82) is 0 Å². The number of ether oxygens (including phenoxy) is 3. The molecule has 1 heterocycles. The first kappa shape index (κ1) is 17.3. The summed E-state index contributed by atoms with van der Waals surface area (Å²) in [5.74, 6) is 1.23. The minimum absolute atomic E-state index is 0.169. The van der Waals surface area contributed by atoms with Crippen molar-refractivity contribution < 1.29 is 24.1 Å². The minimum Gasteiger partial charge on any atom is -0.508 e. The van der Waals surface area contributed by atoms with Crippen LogP contribution in [0.2, 0.25) is 0 Å². The van der Waals surface area contributed by atoms with Crippen molar-refractivity contribution in [3.8, 4) is 34.3 Å². The number of hydrogen-bond acceptors (Lipinski definition) is 6. The molecule has 1 aromatic heterocycles. The van der Waals surface area contributed by atoms with Gasteiger partial charge in [0.2, 0.25) is 11.5 Å². The number of hydrogen-bond donors (Lipinski definition) is 2. The van der Waals surface area contributed by atoms with Crippen molar-refractivity contribution in [2.45, 2.75) is 0 Å². The van der Waals surface area contributed by atoms with Crippen LogP contribution in [-0.4, -0.2) is 42.2 Å². The summed E-state index contributed by atoms with van der Waals surface area (Å²) in [6, 6.07) is 9.75. The predicted octanol–water partition coefficient (Wildman–Crippen LogP) is 3.04. The van der Waals surface area contributed by atoms with Gasteiger partial charge >= 0.3 is 0 Å². The van der Waals surface area contributed by atoms with Crippen molar-refractivity contribution in [2.75, 3.05) is 21.3 Å². The van der Waals surface area contributed by atoms with Crippen LogP contribution in [0.1, 0.15) is 16.2 Å². The van der Waals surface area contributed by atoms with Crippen molar-refractivity contribution in [3.63, 3.8) is 0 Å². The number of H-pyrrole nitrogens is 1. The summed E-state index contributed by atoms with van der Waals surface area (Å²) >= 11 is 0. The normalized spacial score (nSPS) is 10.4. The molecule has 0 fully saturated rings. The number of phenols is 1. The van der Waals surface area contributed by atoms with E-state index in [0.29, 0.717) is 28.5 Å². The molecule has 0 aliphatic heterocycles. The standard InChI is InChI=1S/C19H18N2O5/c1-24-15-8-12(9-16(25-2)18(15)26-3)17(23)19-20-10-14(21-19)11-4-6-13(22)7-5-11/h4-10,22H,1-3H3,(H,20,21). The molecular weight excluding hydrogens is 336 g/mol. The summed E-state index contributed by atoms with van der Waals surface area (Å²) < 4.78 is 15.8. The highest BCUT2D eigenvalue weighted by molar-refractivity contribution is 6.07. The summed E-state index contributed by atoms with van der Waals surface area (Å²) in [6.07, 6.45) is 1.57. The minimum atomic E-state index is -0.311. The van der Waals surface area contributed by atoms with Gasteiger partial charge in [-0.15, -0.1) is 0 Å². The van der Waals surface area contributed by atoms with E-state index in [1.807, 2.05) is 0 Å². The number of imidazole rings is 1. The summed E-state index contributed by atoms with van der Waals surface area (Å²) in [7, 11) is 4.47. The zero-order valence-electron chi connectivity index (χ0n) is 14.6. The van der Waals surface area contributed by atoms with Crippen LogP contribution in [0.25, 0.3) is 11.3 Å². The number of carbonyl (C=O) groups excluding carboxylic acids is 1. The van der Waals surface area contributed by atoms with E-state index in [2.05, 4.69) is 9.97 Å². The number of aromatic amines is 1. The summed E-state index contributed by atoms with van der Waals surface area (Å²) in [4.78, 5) is 20.0. The topological polar surface area (TPSA) is 93.7 Å². The van der Waals surface area contributed by atoms with Crippen LogP contribution in [0.3, 0.4) is 0 Å². The van der Waals surface area contributed by atoms with Gasteiger partial charge in [0, 0.05) is 5.56 Å². The van der Waals surface area contributed by atoms with Crippen LogP contribution in [-0.2, 0) is 0 Å². The SMILES string of the molecule is COc1cc(C(=O)c2ncc(-c3ccc(O)cc3)[nH]2)cc(OC)c1OC. The molecule has 0 unspecified atom stereocenters. The van der Waals surface area contributed by atoms with Gasteiger partial charge in [-0.05, 0) is 42.0 Å². The van der Waals surface area contributed by atoms with E-state index in [9.17, 15) is 9.90 Å². The number of rotatable bonds is 6. The predicted molar refractivity (Wildman–Crippen MR) is 95.2 cm³/mol. The molecule has 0 saturated heterocycles. The molecule has 0 bridgehead atoms. The average Bonchev–Trinajstić information content (AvgIpc) is 3.16. The maximum Gasteiger partial charge on any atom is 0.228 e. The van der Waals surface area contributed by atoms with Gasteiger partial charge in [-0.2, -0.15) is 0 Å². The zero-order valence-corrected chi connectivity index (χ0v) is 14.6. The van der Waals surface area contributed by atoms with Gasteiger partial charge in [0.25, 0.3) is 0 Å². The van der Waals surface area contributed by atoms with Gasteiger partial charge in [0.15, 0.2) is 17.3 Å². The molecule has 0 atom stereocenters. The van der Waals surface area contributed by atoms with Crippen molar-refractivity contribution >= 4 is 5.78 Å². The van der Waals surface area contributed by atoms with Crippen LogP contribution in [0.15, 0.2) is 42.6 Å². The number of nitrogens with one attached hydrogen (secondary N) is 1. The molecule has 7 heteroatoms. The Hall–Kier alpha value is -3.48. The third-order valence-electron chi connectivity index (χ3n) is 3.90. The molecule has 26 heavy (non-hydrogen) atoms. The first-order valence-electron chi connectivity index (χ1n) is 7.76. The summed E-state index contributed by atoms with van der Waals surface area (Å²) in [6.45, 7) is 0. The molecule has 0 amide bonds. The Morgan fingerprint density at radius 2 is 1.62 bits per heavy atom. The third-order valence-corrected chi connectivity index (χ3v) is 3.90. The van der Waals surface area contributed by atoms with Gasteiger partial charge < -0.3 is 24.3 Å². The smallest absolute Gasteiger partial charge is 0.228 e. The van der Waals surface area contributed by atoms with Gasteiger partial charge in [-0.25, -0.2) is 4.98 Å². The number of aromatic nitrogens is 2. The Bertz CT molecular complexity index is 906. The number of methoxy groups -OCH3 is 3. The fourth-order valence-electron chi connectivity index (χ4n) is 2.57. The second-order valence-electron chi connectivity index (χ2n) is 5.44. The Balaban J connectivity index is 1.96. The number of aromatic hydroxyl groups is 1. The maximum absolute atomic E-state index is 12.8. The number of phenolic OH excluding ortho intramolecular Hbond substituents is 1. The lowest BCUT2D eigenvalue weighted by atomic mass is 10.1. The molecule has 2 N–H and O–H groups in total. The average molecular weight is 354 g/mol. The van der Waals surface area contributed by atoms with E-state index in [1.54, 1.807) is 42.6 Å². The fourth-order valence-corrected chi connectivity index (χ4v) is 2.57. The lowest BCUT2D eigenvalue weighted by Gasteiger charge is -2.13. The highest BCUT2D eigenvalue weighted by atomic mass is 16.5. The van der Waals surface area contributed by atoms with Gasteiger partial charge in [-0.3, -0.25) is 4.79 Å². The van der Waals surface area contributed by atoms with E-state index >= 15 is 0 Å². The molecule has 3 aromatic rings. The molecule has 2 aromatic carbocycles. The number of ketones is 1. The van der Waals surface area contributed by atoms with Crippen molar-refractivity contribution in [1.82, 2.24) is 9.97 Å². The third kappa shape index (κ3) is 3.19. The quantitative estimate of drug-likeness (QED) is 0.661. The van der Waals surface area contributed by atoms with Gasteiger partial charge in [0.05, 0.1) is 33.2 Å². The Morgan fingerprint density at radius 3 is 2.15 bits per heavy atom. The molecule has 0 saturated carbocycles. The molecule has 7 nitrogen and oxygen atoms in total. The molecule has 3 rings (SSSR count). The van der Waals surface area contributed by atoms with E-state index < -0.39 is 0 Å². The molecule has 134 valence electrons. The first-order valence-corrected chi connectivity index (χ1v) is 7.76. The number of carbonyl (C=O) groups is 1. The van der Waals surface area contributed by atoms with Crippen LogP contribution in [0, 0.1) is 0 Å². The lowest BCUT2D eigenvalue weighted by Crippen LogP contribution is -2.06. The van der Waals surface area contributed by atoms with Gasteiger partial charge in [0.1, 0.15) is 5.75 Å². The molecular formula is C19H18N2O5. The second kappa shape index (κ2) is 7.18. The van der Waals surface area contributed by atoms with Crippen LogP contribution in [0.5, 0.6) is 23.0 Å². The number of nitrogens with zero attached hydrogens (tertiary/aromatic N) is 1. The highest BCUT2D eigenvalue weighted by Crippen LogP contribution is 2.38. The lowest BCUT2D eigenvalue weighted by molar-refractivity contribution is 0.102. The Morgan fingerprint density at radius 1 is 1.00 bits per heavy atom. The largest absolute Gasteiger partial charge is 0.508 e. The monoisotopic (exact) mass is 354 g/mol. The number of benzene rings is 2. The fraction of sp³-hybridized carbons (Fsp3) is 0.158. The van der Waals surface area contributed by atoms with Crippen molar-refractivity contribution in [2.24, 2.45) is 0 Å². The van der Waals surface area contributed by atoms with Crippen LogP contribution in [0.4, 0.5) is 0 Å². The molecule has 0 radical (unpaired) electrons. The Kier molecular flexibility index (Phi) is 4.79. The maximum atomic E-state index is 12.8. The van der Waals surface area contributed by atoms with Crippen LogP contribution < -0.4 is 14.2 Å².